The summed E-state index contributed by atoms with van der Waals surface area (Å²) in [5.74, 6) is -0.453. The van der Waals surface area contributed by atoms with Crippen LogP contribution >= 0.6 is 0 Å². The maximum absolute atomic E-state index is 12.8. The van der Waals surface area contributed by atoms with Crippen molar-refractivity contribution in [3.63, 3.8) is 0 Å². The lowest BCUT2D eigenvalue weighted by Gasteiger charge is -2.30. The number of nitrogens with zero attached hydrogens (tertiary/aromatic N) is 3. The zero-order valence-corrected chi connectivity index (χ0v) is 18.7. The number of pyridine rings is 1. The predicted molar refractivity (Wildman–Crippen MR) is 112 cm³/mol. The van der Waals surface area contributed by atoms with Gasteiger partial charge in [-0.1, -0.05) is 0 Å². The van der Waals surface area contributed by atoms with Gasteiger partial charge < -0.3 is 9.64 Å². The Morgan fingerprint density at radius 3 is 2.44 bits per heavy atom. The molecule has 1 fully saturated rings. The summed E-state index contributed by atoms with van der Waals surface area (Å²) in [6.07, 6.45) is 3.06. The van der Waals surface area contributed by atoms with Gasteiger partial charge in [0.15, 0.2) is 0 Å². The highest BCUT2D eigenvalue weighted by molar-refractivity contribution is 7.92. The molecule has 1 aromatic heterocycles. The van der Waals surface area contributed by atoms with Crippen LogP contribution in [0.2, 0.25) is 0 Å². The molecule has 0 saturated carbocycles. The Hall–Kier alpha value is -2.66. The largest absolute Gasteiger partial charge is 0.501 e. The van der Waals surface area contributed by atoms with Crippen LogP contribution in [0.1, 0.15) is 36.7 Å². The van der Waals surface area contributed by atoms with Crippen LogP contribution in [0.25, 0.3) is 0 Å². The Morgan fingerprint density at radius 1 is 1.19 bits per heavy atom. The second kappa shape index (κ2) is 8.70. The molecule has 0 bridgehead atoms. The SMILES string of the molecule is CCOC(=O)c1cnccc1CN1CN(c2ccc(S(=O)(=O)C(F)(F)F)cc2)CC1(C)C. The summed E-state index contributed by atoms with van der Waals surface area (Å²) in [6, 6.07) is 6.43. The average molecular weight is 472 g/mol. The van der Waals surface area contributed by atoms with Gasteiger partial charge in [-0.15, -0.1) is 0 Å². The van der Waals surface area contributed by atoms with Crippen molar-refractivity contribution < 1.29 is 31.1 Å². The summed E-state index contributed by atoms with van der Waals surface area (Å²) < 4.78 is 66.6. The highest BCUT2D eigenvalue weighted by Gasteiger charge is 2.47. The number of rotatable bonds is 6. The summed E-state index contributed by atoms with van der Waals surface area (Å²) in [7, 11) is -5.39. The molecule has 1 saturated heterocycles. The number of aromatic nitrogens is 1. The van der Waals surface area contributed by atoms with Crippen LogP contribution in [0.4, 0.5) is 18.9 Å². The number of sulfone groups is 1. The third kappa shape index (κ3) is 4.73. The number of hydrogen-bond acceptors (Lipinski definition) is 7. The molecule has 0 spiro atoms. The van der Waals surface area contributed by atoms with Gasteiger partial charge in [0.05, 0.1) is 23.7 Å². The quantitative estimate of drug-likeness (QED) is 0.596. The van der Waals surface area contributed by atoms with Crippen LogP contribution in [0, 0.1) is 0 Å². The van der Waals surface area contributed by atoms with Crippen LogP contribution < -0.4 is 4.90 Å². The lowest BCUT2D eigenvalue weighted by Crippen LogP contribution is -2.39. The normalized spacial score (nSPS) is 16.9. The molecule has 0 atom stereocenters. The molecule has 11 heteroatoms. The van der Waals surface area contributed by atoms with Gasteiger partial charge >= 0.3 is 11.5 Å². The van der Waals surface area contributed by atoms with Gasteiger partial charge in [0.1, 0.15) is 0 Å². The van der Waals surface area contributed by atoms with Gasteiger partial charge in [-0.05, 0) is 56.7 Å². The fourth-order valence-electron chi connectivity index (χ4n) is 3.58. The van der Waals surface area contributed by atoms with Crippen molar-refractivity contribution >= 4 is 21.5 Å². The van der Waals surface area contributed by atoms with Crippen LogP contribution in [0.5, 0.6) is 0 Å². The van der Waals surface area contributed by atoms with Gasteiger partial charge in [-0.25, -0.2) is 13.2 Å². The molecule has 1 aliphatic rings. The van der Waals surface area contributed by atoms with Crippen LogP contribution in [-0.2, 0) is 21.1 Å². The first-order valence-electron chi connectivity index (χ1n) is 9.88. The third-order valence-electron chi connectivity index (χ3n) is 5.36. The molecule has 0 aliphatic carbocycles. The maximum Gasteiger partial charge on any atom is 0.501 e. The highest BCUT2D eigenvalue weighted by atomic mass is 32.2. The van der Waals surface area contributed by atoms with Crippen molar-refractivity contribution in [2.75, 3.05) is 24.7 Å². The summed E-state index contributed by atoms with van der Waals surface area (Å²) in [6.45, 7) is 7.42. The molecule has 2 heterocycles. The molecule has 0 amide bonds. The maximum atomic E-state index is 12.8. The molecule has 0 unspecified atom stereocenters. The van der Waals surface area contributed by atoms with Crippen LogP contribution in [0.3, 0.4) is 0 Å². The zero-order chi connectivity index (χ0) is 23.7. The van der Waals surface area contributed by atoms with E-state index in [0.29, 0.717) is 31.0 Å². The summed E-state index contributed by atoms with van der Waals surface area (Å²) in [5.41, 5.74) is -3.94. The van der Waals surface area contributed by atoms with Crippen molar-refractivity contribution in [2.24, 2.45) is 0 Å². The standard InChI is InChI=1S/C21H24F3N3O4S/c1-4-31-19(28)18-11-25-10-9-15(18)12-27-14-26(13-20(27,2)3)16-5-7-17(8-6-16)32(29,30)21(22,23)24/h5-11H,4,12-14H2,1-3H3. The van der Waals surface area contributed by atoms with Gasteiger partial charge in [0, 0.05) is 36.7 Å². The molecule has 2 aromatic rings. The van der Waals surface area contributed by atoms with Crippen molar-refractivity contribution in [1.82, 2.24) is 9.88 Å². The van der Waals surface area contributed by atoms with E-state index in [0.717, 1.165) is 17.7 Å². The second-order valence-corrected chi connectivity index (χ2v) is 9.99. The molecule has 1 aromatic carbocycles. The monoisotopic (exact) mass is 471 g/mol. The van der Waals surface area contributed by atoms with E-state index in [1.165, 1.54) is 18.3 Å². The predicted octanol–water partition coefficient (Wildman–Crippen LogP) is 3.61. The Balaban J connectivity index is 1.80. The van der Waals surface area contributed by atoms with E-state index in [1.54, 1.807) is 19.2 Å². The van der Waals surface area contributed by atoms with Crippen molar-refractivity contribution in [3.05, 3.63) is 53.9 Å². The minimum absolute atomic E-state index is 0.246. The number of esters is 1. The van der Waals surface area contributed by atoms with Crippen LogP contribution in [-0.4, -0.2) is 55.1 Å². The van der Waals surface area contributed by atoms with Gasteiger partial charge in [0.2, 0.25) is 0 Å². The highest BCUT2D eigenvalue weighted by Crippen LogP contribution is 2.34. The zero-order valence-electron chi connectivity index (χ0n) is 17.9. The van der Waals surface area contributed by atoms with E-state index in [2.05, 4.69) is 9.88 Å². The van der Waals surface area contributed by atoms with Gasteiger partial charge in [-0.3, -0.25) is 9.88 Å². The first-order valence-corrected chi connectivity index (χ1v) is 11.4. The molecule has 3 rings (SSSR count). The molecular weight excluding hydrogens is 447 g/mol. The Morgan fingerprint density at radius 2 is 1.84 bits per heavy atom. The number of alkyl halides is 3. The van der Waals surface area contributed by atoms with E-state index in [1.807, 2.05) is 18.7 Å². The third-order valence-corrected chi connectivity index (χ3v) is 6.86. The minimum Gasteiger partial charge on any atom is -0.462 e. The topological polar surface area (TPSA) is 79.8 Å². The van der Waals surface area contributed by atoms with Gasteiger partial charge in [-0.2, -0.15) is 13.2 Å². The minimum atomic E-state index is -5.39. The first-order chi connectivity index (χ1) is 14.9. The Labute approximate surface area is 184 Å². The number of halogens is 3. The second-order valence-electron chi connectivity index (χ2n) is 8.05. The molecule has 32 heavy (non-hydrogen) atoms. The van der Waals surface area contributed by atoms with Crippen molar-refractivity contribution in [1.29, 1.82) is 0 Å². The molecular formula is C21H24F3N3O4S. The fourth-order valence-corrected chi connectivity index (χ4v) is 4.34. The van der Waals surface area contributed by atoms with E-state index >= 15 is 0 Å². The van der Waals surface area contributed by atoms with E-state index in [9.17, 15) is 26.4 Å². The van der Waals surface area contributed by atoms with Gasteiger partial charge in [0.25, 0.3) is 9.84 Å². The lowest BCUT2D eigenvalue weighted by atomic mass is 10.0. The Kier molecular flexibility index (Phi) is 6.52. The van der Waals surface area contributed by atoms with Crippen molar-refractivity contribution in [2.45, 2.75) is 43.3 Å². The summed E-state index contributed by atoms with van der Waals surface area (Å²) >= 11 is 0. The summed E-state index contributed by atoms with van der Waals surface area (Å²) in [4.78, 5) is 19.5. The molecule has 0 radical (unpaired) electrons. The molecule has 7 nitrogen and oxygen atoms in total. The number of benzene rings is 1. The molecule has 1 aliphatic heterocycles. The van der Waals surface area contributed by atoms with E-state index in [4.69, 9.17) is 4.74 Å². The summed E-state index contributed by atoms with van der Waals surface area (Å²) in [5, 5.41) is 0. The number of anilines is 1. The first kappa shape index (κ1) is 24.0. The smallest absolute Gasteiger partial charge is 0.462 e. The fraction of sp³-hybridized carbons (Fsp3) is 0.429. The van der Waals surface area contributed by atoms with Crippen LogP contribution in [0.15, 0.2) is 47.6 Å². The number of ether oxygens (including phenoxy) is 1. The van der Waals surface area contributed by atoms with E-state index < -0.39 is 26.2 Å². The molecule has 174 valence electrons. The number of carbonyl (C=O) groups is 1. The van der Waals surface area contributed by atoms with E-state index in [-0.39, 0.29) is 12.1 Å². The molecule has 0 N–H and O–H groups in total. The lowest BCUT2D eigenvalue weighted by molar-refractivity contribution is -0.0436. The Bertz CT molecular complexity index is 1090. The van der Waals surface area contributed by atoms with Crippen molar-refractivity contribution in [3.8, 4) is 0 Å². The number of hydrogen-bond donors (Lipinski definition) is 0. The average Bonchev–Trinajstić information content (AvgIpc) is 3.02. The number of carbonyl (C=O) groups excluding carboxylic acids is 1.